The van der Waals surface area contributed by atoms with E-state index in [4.69, 9.17) is 0 Å². The molecule has 0 amide bonds. The predicted molar refractivity (Wildman–Crippen MR) is 13.0 cm³/mol. The van der Waals surface area contributed by atoms with Crippen molar-refractivity contribution in [2.24, 2.45) is 0 Å². The molecule has 0 bridgehead atoms. The van der Waals surface area contributed by atoms with Crippen LogP contribution in [-0.2, 0) is 19.5 Å². The molecule has 0 saturated carbocycles. The molecule has 0 atom stereocenters. The van der Waals surface area contributed by atoms with Gasteiger partial charge in [-0.1, -0.05) is 0 Å². The summed E-state index contributed by atoms with van der Waals surface area (Å²) in [6, 6.07) is 0. The second-order valence-electron chi connectivity index (χ2n) is 0. The van der Waals surface area contributed by atoms with Crippen LogP contribution in [0.15, 0.2) is 0 Å². The van der Waals surface area contributed by atoms with E-state index in [1.54, 1.807) is 0 Å². The van der Waals surface area contributed by atoms with Crippen LogP contribution >= 0.6 is 0 Å². The molecular formula is H4F2MgZn. The monoisotopic (exact) mass is 130 g/mol. The normalized spacial score (nSPS) is 0. The minimum atomic E-state index is 0. The van der Waals surface area contributed by atoms with Crippen molar-refractivity contribution in [1.29, 1.82) is 0 Å². The summed E-state index contributed by atoms with van der Waals surface area (Å²) >= 11 is 0. The summed E-state index contributed by atoms with van der Waals surface area (Å²) in [4.78, 5) is 0. The van der Waals surface area contributed by atoms with Crippen LogP contribution in [0.5, 0.6) is 0 Å². The van der Waals surface area contributed by atoms with E-state index in [9.17, 15) is 0 Å². The molecule has 22 valence electrons. The molecule has 4 heteroatoms. The maximum absolute atomic E-state index is 0. The third-order valence-corrected chi connectivity index (χ3v) is 0. The van der Waals surface area contributed by atoms with Gasteiger partial charge in [0.15, 0.2) is 0 Å². The van der Waals surface area contributed by atoms with Crippen molar-refractivity contribution in [3.05, 3.63) is 0 Å². The summed E-state index contributed by atoms with van der Waals surface area (Å²) in [5, 5.41) is 0. The molecule has 4 heavy (non-hydrogen) atoms. The Labute approximate surface area is 54.9 Å². The summed E-state index contributed by atoms with van der Waals surface area (Å²) in [7, 11) is 0. The maximum Gasteiger partial charge on any atom is 2.00 e. The van der Waals surface area contributed by atoms with E-state index < -0.39 is 0 Å². The Hall–Kier alpha value is 1.25. The fraction of sp³-hybridized carbons (Fsp3) is 0. The Morgan fingerprint density at radius 2 is 1.00 bits per heavy atom. The van der Waals surface area contributed by atoms with E-state index in [-0.39, 0.29) is 54.8 Å². The van der Waals surface area contributed by atoms with Gasteiger partial charge in [-0.3, -0.25) is 9.41 Å². The first-order valence-electron chi connectivity index (χ1n) is 0. The molecule has 0 N–H and O–H groups in total. The van der Waals surface area contributed by atoms with Gasteiger partial charge in [-0.15, -0.1) is 0 Å². The number of rotatable bonds is 0. The fourth-order valence-corrected chi connectivity index (χ4v) is 0. The van der Waals surface area contributed by atoms with E-state index in [2.05, 4.69) is 0 Å². The Balaban J connectivity index is 0. The molecule has 0 aliphatic rings. The Bertz CT molecular complexity index is 11.5. The number of halogens is 2. The van der Waals surface area contributed by atoms with Gasteiger partial charge in [0, 0.05) is 19.5 Å². The second-order valence-corrected chi connectivity index (χ2v) is 0. The van der Waals surface area contributed by atoms with Gasteiger partial charge < -0.3 is 2.85 Å². The molecule has 0 rings (SSSR count). The van der Waals surface area contributed by atoms with Crippen LogP contribution in [0, 0.1) is 0 Å². The first-order chi connectivity index (χ1) is 0. The van der Waals surface area contributed by atoms with Crippen molar-refractivity contribution in [3.8, 4) is 0 Å². The van der Waals surface area contributed by atoms with E-state index >= 15 is 0 Å². The third-order valence-electron chi connectivity index (χ3n) is 0. The first-order valence-corrected chi connectivity index (χ1v) is 0. The van der Waals surface area contributed by atoms with Gasteiger partial charge >= 0.3 is 23.1 Å². The molecule has 0 fully saturated rings. The van der Waals surface area contributed by atoms with Gasteiger partial charge in [-0.05, 0) is 0 Å². The van der Waals surface area contributed by atoms with Crippen molar-refractivity contribution in [2.45, 2.75) is 0 Å². The molecule has 0 saturated heterocycles. The van der Waals surface area contributed by atoms with Crippen LogP contribution in [0.2, 0.25) is 0 Å². The molecule has 0 heterocycles. The molecule has 0 unspecified atom stereocenters. The van der Waals surface area contributed by atoms with Crippen LogP contribution in [0.3, 0.4) is 0 Å². The van der Waals surface area contributed by atoms with Crippen molar-refractivity contribution < 1.29 is 31.7 Å². The first kappa shape index (κ1) is 60.7. The standard InChI is InChI=1S/2FH.Mg.Zn.2H/h2*1H;;;;/q;;+2;;2*-1. The molecule has 0 aliphatic heterocycles. The summed E-state index contributed by atoms with van der Waals surface area (Å²) < 4.78 is 0. The van der Waals surface area contributed by atoms with E-state index in [0.717, 1.165) is 0 Å². The number of hydrogen-bond acceptors (Lipinski definition) is 0. The van der Waals surface area contributed by atoms with E-state index in [1.165, 1.54) is 0 Å². The molecule has 0 aromatic carbocycles. The summed E-state index contributed by atoms with van der Waals surface area (Å²) in [6.07, 6.45) is 0. The van der Waals surface area contributed by atoms with Crippen LogP contribution in [0.25, 0.3) is 0 Å². The third kappa shape index (κ3) is 10.5. The topological polar surface area (TPSA) is 0 Å². The van der Waals surface area contributed by atoms with Crippen molar-refractivity contribution in [2.75, 3.05) is 0 Å². The zero-order valence-corrected chi connectivity index (χ0v) is 6.61. The fourth-order valence-electron chi connectivity index (χ4n) is 0. The van der Waals surface area contributed by atoms with Gasteiger partial charge in [-0.2, -0.15) is 0 Å². The van der Waals surface area contributed by atoms with Gasteiger partial charge in [0.05, 0.1) is 0 Å². The quantitative estimate of drug-likeness (QED) is 0.411. The predicted octanol–water partition coefficient (Wildman–Crippen LogP) is 0.147. The maximum atomic E-state index is 0. The zero-order valence-electron chi connectivity index (χ0n) is 4.23. The van der Waals surface area contributed by atoms with Gasteiger partial charge in [0.2, 0.25) is 0 Å². The number of hydrogen-bond donors (Lipinski definition) is 0. The Morgan fingerprint density at radius 1 is 1.00 bits per heavy atom. The van der Waals surface area contributed by atoms with E-state index in [1.807, 2.05) is 0 Å². The summed E-state index contributed by atoms with van der Waals surface area (Å²) in [5.41, 5.74) is 0. The molecule has 0 aromatic heterocycles. The molecule has 0 aromatic rings. The average molecular weight is 132 g/mol. The summed E-state index contributed by atoms with van der Waals surface area (Å²) in [6.45, 7) is 0. The molecule has 0 aliphatic carbocycles. The minimum absolute atomic E-state index is 0. The molecule has 0 nitrogen and oxygen atoms in total. The van der Waals surface area contributed by atoms with E-state index in [0.29, 0.717) is 0 Å². The van der Waals surface area contributed by atoms with Crippen LogP contribution in [0.4, 0.5) is 9.41 Å². The van der Waals surface area contributed by atoms with Crippen molar-refractivity contribution in [1.82, 2.24) is 0 Å². The van der Waals surface area contributed by atoms with Crippen molar-refractivity contribution >= 4 is 23.1 Å². The SMILES string of the molecule is F.F.[H-].[H-].[Mg+2].[Zn]. The average Bonchev–Trinajstić information content (AvgIpc) is 0. The molecule has 0 radical (unpaired) electrons. The van der Waals surface area contributed by atoms with Crippen molar-refractivity contribution in [3.63, 3.8) is 0 Å². The second kappa shape index (κ2) is 28.7. The zero-order chi connectivity index (χ0) is 0. The van der Waals surface area contributed by atoms with Crippen LogP contribution in [0.1, 0.15) is 2.85 Å². The minimum Gasteiger partial charge on any atom is -1.00 e. The van der Waals surface area contributed by atoms with Crippen LogP contribution in [-0.4, -0.2) is 23.1 Å². The van der Waals surface area contributed by atoms with Gasteiger partial charge in [0.1, 0.15) is 0 Å². The van der Waals surface area contributed by atoms with Gasteiger partial charge in [0.25, 0.3) is 0 Å². The van der Waals surface area contributed by atoms with Gasteiger partial charge in [-0.25, -0.2) is 0 Å². The Kier molecular flexibility index (Phi) is 436. The summed E-state index contributed by atoms with van der Waals surface area (Å²) in [5.74, 6) is 0. The van der Waals surface area contributed by atoms with Crippen LogP contribution < -0.4 is 0 Å². The molecule has 0 spiro atoms. The largest absolute Gasteiger partial charge is 2.00 e. The smallest absolute Gasteiger partial charge is 1.00 e. The molecular weight excluding hydrogens is 128 g/mol. The Morgan fingerprint density at radius 3 is 1.00 bits per heavy atom.